The van der Waals surface area contributed by atoms with Gasteiger partial charge in [0.05, 0.1) is 11.7 Å². The molecular weight excluding hydrogens is 719 g/mol. The highest BCUT2D eigenvalue weighted by Crippen LogP contribution is 2.54. The standard InChI is InChI=1S/C40H45F5N8O2/c1-24-3-6-30-29(18-46-49-30)31(24)32-27(26-4-5-26)17-28-33(34(32)55-23-40(43,44)45)47-37(53-21-38(22-53)7-12-50(13-8-38)16-11-41)48-35(28)51-14-9-39(10-15-51)19-52(20-39)36(54)25(2)42/h3,6,17-18,26H,2,4-5,7-16,19-23H2,1H3,(H,46,49). The molecule has 15 heteroatoms. The molecule has 0 bridgehead atoms. The number of amides is 1. The van der Waals surface area contributed by atoms with Gasteiger partial charge in [-0.1, -0.05) is 12.6 Å². The minimum absolute atomic E-state index is 0.0475. The molecule has 5 aliphatic rings. The maximum atomic E-state index is 14.1. The van der Waals surface area contributed by atoms with Gasteiger partial charge in [0.15, 0.2) is 18.2 Å². The van der Waals surface area contributed by atoms with Crippen LogP contribution in [-0.2, 0) is 4.79 Å². The van der Waals surface area contributed by atoms with Crippen molar-refractivity contribution in [3.63, 3.8) is 0 Å². The molecule has 292 valence electrons. The Morgan fingerprint density at radius 1 is 0.964 bits per heavy atom. The molecule has 0 unspecified atom stereocenters. The monoisotopic (exact) mass is 764 g/mol. The number of hydrogen-bond donors (Lipinski definition) is 1. The molecule has 1 aliphatic carbocycles. The lowest BCUT2D eigenvalue weighted by atomic mass is 9.72. The van der Waals surface area contributed by atoms with Gasteiger partial charge in [-0.25, -0.2) is 13.8 Å². The smallest absolute Gasteiger partial charge is 0.422 e. The number of H-pyrrole nitrogens is 1. The Balaban J connectivity index is 1.16. The van der Waals surface area contributed by atoms with Crippen molar-refractivity contribution in [2.75, 3.05) is 82.0 Å². The Morgan fingerprint density at radius 3 is 2.31 bits per heavy atom. The Bertz CT molecular complexity index is 2150. The first kappa shape index (κ1) is 36.1. The number of aromatic amines is 1. The number of rotatable bonds is 9. The average molecular weight is 765 g/mol. The number of likely N-dealkylation sites (tertiary alicyclic amines) is 2. The number of carbonyl (C=O) groups excluding carboxylic acids is 1. The summed E-state index contributed by atoms with van der Waals surface area (Å²) in [6, 6.07) is 5.95. The highest BCUT2D eigenvalue weighted by Gasteiger charge is 2.49. The van der Waals surface area contributed by atoms with E-state index in [1.165, 1.54) is 4.90 Å². The zero-order valence-electron chi connectivity index (χ0n) is 31.0. The number of carbonyl (C=O) groups is 1. The largest absolute Gasteiger partial charge is 0.481 e. The molecule has 4 saturated heterocycles. The summed E-state index contributed by atoms with van der Waals surface area (Å²) >= 11 is 0. The molecule has 1 N–H and O–H groups in total. The van der Waals surface area contributed by atoms with Crippen LogP contribution >= 0.6 is 0 Å². The Labute approximate surface area is 315 Å². The van der Waals surface area contributed by atoms with Gasteiger partial charge >= 0.3 is 6.18 Å². The first-order valence-electron chi connectivity index (χ1n) is 19.3. The van der Waals surface area contributed by atoms with E-state index in [2.05, 4.69) is 37.5 Å². The Kier molecular flexibility index (Phi) is 8.74. The summed E-state index contributed by atoms with van der Waals surface area (Å²) in [4.78, 5) is 30.5. The van der Waals surface area contributed by atoms with Gasteiger partial charge < -0.3 is 24.3 Å². The quantitative estimate of drug-likeness (QED) is 0.143. The molecule has 9 rings (SSSR count). The van der Waals surface area contributed by atoms with Gasteiger partial charge in [0, 0.05) is 73.0 Å². The Hall–Kier alpha value is -4.53. The molecule has 2 aromatic carbocycles. The SMILES string of the molecule is C=C(F)C(=O)N1CC2(CCN(c3nc(N4CC5(CCN(CCF)CC5)C4)nc4c(OCC(F)(F)F)c(-c5c(C)ccc6[nH]ncc56)c(C5CC5)cc34)CC2)C1. The third-order valence-electron chi connectivity index (χ3n) is 12.8. The van der Waals surface area contributed by atoms with Crippen molar-refractivity contribution in [1.29, 1.82) is 0 Å². The maximum Gasteiger partial charge on any atom is 0.422 e. The summed E-state index contributed by atoms with van der Waals surface area (Å²) in [5.74, 6) is -0.298. The van der Waals surface area contributed by atoms with Crippen LogP contribution in [0.3, 0.4) is 0 Å². The van der Waals surface area contributed by atoms with Crippen LogP contribution < -0.4 is 14.5 Å². The van der Waals surface area contributed by atoms with Gasteiger partial charge in [0.1, 0.15) is 18.0 Å². The fourth-order valence-electron chi connectivity index (χ4n) is 9.52. The molecule has 1 saturated carbocycles. The second-order valence-corrected chi connectivity index (χ2v) is 16.6. The number of ether oxygens (including phenoxy) is 1. The molecular formula is C40H45F5N8O2. The van der Waals surface area contributed by atoms with Gasteiger partial charge in [-0.15, -0.1) is 0 Å². The number of aromatic nitrogens is 4. The minimum Gasteiger partial charge on any atom is -0.481 e. The predicted molar refractivity (Wildman–Crippen MR) is 200 cm³/mol. The van der Waals surface area contributed by atoms with Crippen LogP contribution in [0.5, 0.6) is 5.75 Å². The van der Waals surface area contributed by atoms with Crippen molar-refractivity contribution in [3.8, 4) is 16.9 Å². The summed E-state index contributed by atoms with van der Waals surface area (Å²) in [5, 5.41) is 8.74. The number of halogens is 5. The molecule has 2 aromatic heterocycles. The van der Waals surface area contributed by atoms with Gasteiger partial charge in [-0.3, -0.25) is 9.89 Å². The first-order chi connectivity index (χ1) is 26.3. The van der Waals surface area contributed by atoms with Gasteiger partial charge in [0.25, 0.3) is 5.91 Å². The first-order valence-corrected chi connectivity index (χ1v) is 19.3. The van der Waals surface area contributed by atoms with Crippen LogP contribution in [0.4, 0.5) is 33.7 Å². The normalized spacial score (nSPS) is 21.0. The van der Waals surface area contributed by atoms with Gasteiger partial charge in [-0.05, 0) is 93.3 Å². The summed E-state index contributed by atoms with van der Waals surface area (Å²) in [6.07, 6.45) is 2.25. The van der Waals surface area contributed by atoms with Crippen molar-refractivity contribution in [1.82, 2.24) is 30.0 Å². The van der Waals surface area contributed by atoms with Crippen LogP contribution in [0.25, 0.3) is 32.9 Å². The maximum absolute atomic E-state index is 14.1. The summed E-state index contributed by atoms with van der Waals surface area (Å²) in [5.41, 5.74) is 4.21. The van der Waals surface area contributed by atoms with Crippen LogP contribution in [0, 0.1) is 17.8 Å². The molecule has 0 atom stereocenters. The molecule has 4 aliphatic heterocycles. The lowest BCUT2D eigenvalue weighted by Crippen LogP contribution is -2.62. The number of nitrogens with zero attached hydrogens (tertiary/aromatic N) is 7. The van der Waals surface area contributed by atoms with E-state index in [0.29, 0.717) is 74.0 Å². The third-order valence-corrected chi connectivity index (χ3v) is 12.8. The molecule has 4 aromatic rings. The van der Waals surface area contributed by atoms with Gasteiger partial charge in [-0.2, -0.15) is 23.3 Å². The molecule has 0 radical (unpaired) electrons. The van der Waals surface area contributed by atoms with E-state index in [9.17, 15) is 26.7 Å². The molecule has 6 heterocycles. The number of benzene rings is 2. The lowest BCUT2D eigenvalue weighted by Gasteiger charge is -2.54. The van der Waals surface area contributed by atoms with Crippen LogP contribution in [-0.4, -0.2) is 114 Å². The second-order valence-electron chi connectivity index (χ2n) is 16.6. The van der Waals surface area contributed by atoms with Crippen LogP contribution in [0.15, 0.2) is 36.8 Å². The highest BCUT2D eigenvalue weighted by atomic mass is 19.4. The number of piperidine rings is 2. The number of aryl methyl sites for hydroxylation is 1. The third kappa shape index (κ3) is 6.55. The summed E-state index contributed by atoms with van der Waals surface area (Å²) < 4.78 is 75.0. The van der Waals surface area contributed by atoms with Crippen molar-refractivity contribution >= 4 is 39.5 Å². The van der Waals surface area contributed by atoms with E-state index >= 15 is 0 Å². The van der Waals surface area contributed by atoms with E-state index in [-0.39, 0.29) is 29.2 Å². The number of fused-ring (bicyclic) bond motifs is 2. The summed E-state index contributed by atoms with van der Waals surface area (Å²) in [6.45, 7) is 8.87. The molecule has 2 spiro atoms. The van der Waals surface area contributed by atoms with E-state index in [1.807, 2.05) is 19.1 Å². The van der Waals surface area contributed by atoms with E-state index in [4.69, 9.17) is 14.7 Å². The van der Waals surface area contributed by atoms with Crippen LogP contribution in [0.1, 0.15) is 55.6 Å². The fraction of sp³-hybridized carbons (Fsp3) is 0.550. The predicted octanol–water partition coefficient (Wildman–Crippen LogP) is 7.08. The van der Waals surface area contributed by atoms with Crippen molar-refractivity contribution in [2.45, 2.75) is 57.5 Å². The van der Waals surface area contributed by atoms with E-state index in [0.717, 1.165) is 79.2 Å². The Morgan fingerprint density at radius 2 is 1.65 bits per heavy atom. The fourth-order valence-corrected chi connectivity index (χ4v) is 9.52. The molecule has 5 fully saturated rings. The zero-order chi connectivity index (χ0) is 38.3. The molecule has 55 heavy (non-hydrogen) atoms. The summed E-state index contributed by atoms with van der Waals surface area (Å²) in [7, 11) is 0. The number of anilines is 2. The van der Waals surface area contributed by atoms with Crippen molar-refractivity contribution in [2.24, 2.45) is 10.8 Å². The van der Waals surface area contributed by atoms with Crippen molar-refractivity contribution < 1.29 is 31.5 Å². The highest BCUT2D eigenvalue weighted by molar-refractivity contribution is 6.06. The van der Waals surface area contributed by atoms with Gasteiger partial charge in [0.2, 0.25) is 5.95 Å². The molecule has 10 nitrogen and oxygen atoms in total. The van der Waals surface area contributed by atoms with E-state index in [1.54, 1.807) is 6.20 Å². The zero-order valence-corrected chi connectivity index (χ0v) is 31.0. The number of hydrogen-bond acceptors (Lipinski definition) is 8. The van der Waals surface area contributed by atoms with Crippen LogP contribution in [0.2, 0.25) is 0 Å². The number of nitrogens with one attached hydrogen (secondary N) is 1. The average Bonchev–Trinajstić information content (AvgIpc) is 3.87. The second kappa shape index (κ2) is 13.3. The topological polar surface area (TPSA) is 93.7 Å². The lowest BCUT2D eigenvalue weighted by molar-refractivity contribution is -0.153. The minimum atomic E-state index is -4.59. The number of alkyl halides is 4. The van der Waals surface area contributed by atoms with E-state index < -0.39 is 24.5 Å². The van der Waals surface area contributed by atoms with Crippen molar-refractivity contribution in [3.05, 3.63) is 47.9 Å². The molecule has 1 amide bonds.